The van der Waals surface area contributed by atoms with E-state index in [2.05, 4.69) is 4.98 Å². The molecule has 0 atom stereocenters. The van der Waals surface area contributed by atoms with Crippen LogP contribution < -0.4 is 0 Å². The van der Waals surface area contributed by atoms with Crippen molar-refractivity contribution in [2.75, 3.05) is 0 Å². The van der Waals surface area contributed by atoms with E-state index in [-0.39, 0.29) is 0 Å². The largest absolute Gasteiger partial charge is 0.364 e. The molecule has 0 saturated carbocycles. The third-order valence-electron chi connectivity index (χ3n) is 2.96. The molecule has 4 nitrogen and oxygen atoms in total. The molecule has 5 heteroatoms. The number of nitrogens with zero attached hydrogens (tertiary/aromatic N) is 2. The summed E-state index contributed by atoms with van der Waals surface area (Å²) in [6.45, 7) is 0. The summed E-state index contributed by atoms with van der Waals surface area (Å²) >= 11 is 5.98. The highest BCUT2D eigenvalue weighted by atomic mass is 35.5. The summed E-state index contributed by atoms with van der Waals surface area (Å²) in [5, 5.41) is 18.9. The Kier molecular flexibility index (Phi) is 2.98. The maximum atomic E-state index is 9.15. The number of hydrogen-bond acceptors (Lipinski definition) is 3. The van der Waals surface area contributed by atoms with Crippen molar-refractivity contribution in [2.24, 2.45) is 0 Å². The topological polar surface area (TPSA) is 58.3 Å². The lowest BCUT2D eigenvalue weighted by Gasteiger charge is -2.06. The lowest BCUT2D eigenvalue weighted by molar-refractivity contribution is -0.0423. The van der Waals surface area contributed by atoms with Crippen LogP contribution in [0, 0.1) is 0 Å². The van der Waals surface area contributed by atoms with Crippen molar-refractivity contribution in [1.82, 2.24) is 9.55 Å². The quantitative estimate of drug-likeness (QED) is 0.707. The zero-order chi connectivity index (χ0) is 13.4. The Balaban J connectivity index is 2.16. The molecule has 0 aliphatic rings. The molecule has 19 heavy (non-hydrogen) atoms. The predicted molar refractivity (Wildman–Crippen MR) is 73.3 cm³/mol. The summed E-state index contributed by atoms with van der Waals surface area (Å²) in [4.78, 5) is 4.27. The van der Waals surface area contributed by atoms with Gasteiger partial charge < -0.3 is 10.2 Å². The first kappa shape index (κ1) is 12.2. The number of aliphatic hydroxyl groups excluding tert-OH is 1. The Morgan fingerprint density at radius 2 is 1.95 bits per heavy atom. The lowest BCUT2D eigenvalue weighted by atomic mass is 10.2. The molecule has 0 radical (unpaired) electrons. The molecule has 1 aromatic heterocycles. The smallest absolute Gasteiger partial charge is 0.178 e. The van der Waals surface area contributed by atoms with E-state index in [1.165, 1.54) is 0 Å². The van der Waals surface area contributed by atoms with Gasteiger partial charge in [0.1, 0.15) is 6.33 Å². The van der Waals surface area contributed by atoms with Crippen LogP contribution in [0.5, 0.6) is 0 Å². The van der Waals surface area contributed by atoms with Crippen LogP contribution in [0.25, 0.3) is 16.7 Å². The van der Waals surface area contributed by atoms with Crippen molar-refractivity contribution in [3.05, 3.63) is 59.4 Å². The average Bonchev–Trinajstić information content (AvgIpc) is 2.81. The van der Waals surface area contributed by atoms with Gasteiger partial charge in [-0.2, -0.15) is 0 Å². The molecule has 0 spiro atoms. The third-order valence-corrected chi connectivity index (χ3v) is 3.19. The SMILES string of the molecule is OC(O)c1ccc2c(c1)ncn2-c1cccc(Cl)c1. The van der Waals surface area contributed by atoms with Gasteiger partial charge in [-0.3, -0.25) is 4.57 Å². The highest BCUT2D eigenvalue weighted by molar-refractivity contribution is 6.30. The van der Waals surface area contributed by atoms with Gasteiger partial charge in [-0.25, -0.2) is 4.98 Å². The summed E-state index contributed by atoms with van der Waals surface area (Å²) in [6, 6.07) is 12.6. The molecule has 1 heterocycles. The monoisotopic (exact) mass is 274 g/mol. The van der Waals surface area contributed by atoms with Crippen molar-refractivity contribution in [1.29, 1.82) is 0 Å². The van der Waals surface area contributed by atoms with Crippen LogP contribution in [0.15, 0.2) is 48.8 Å². The van der Waals surface area contributed by atoms with E-state index in [1.54, 1.807) is 24.5 Å². The van der Waals surface area contributed by atoms with Gasteiger partial charge in [0, 0.05) is 16.3 Å². The third kappa shape index (κ3) is 2.21. The van der Waals surface area contributed by atoms with Crippen molar-refractivity contribution >= 4 is 22.6 Å². The van der Waals surface area contributed by atoms with Crippen LogP contribution in [0.1, 0.15) is 11.9 Å². The molecule has 96 valence electrons. The maximum Gasteiger partial charge on any atom is 0.178 e. The minimum Gasteiger partial charge on any atom is -0.364 e. The maximum absolute atomic E-state index is 9.15. The molecule has 0 bridgehead atoms. The number of halogens is 1. The van der Waals surface area contributed by atoms with E-state index >= 15 is 0 Å². The molecule has 3 rings (SSSR count). The van der Waals surface area contributed by atoms with E-state index in [4.69, 9.17) is 21.8 Å². The van der Waals surface area contributed by atoms with Crippen LogP contribution in [0.3, 0.4) is 0 Å². The summed E-state index contributed by atoms with van der Waals surface area (Å²) < 4.78 is 1.90. The predicted octanol–water partition coefficient (Wildman–Crippen LogP) is 2.66. The highest BCUT2D eigenvalue weighted by Crippen LogP contribution is 2.23. The molecule has 0 aliphatic heterocycles. The molecule has 2 N–H and O–H groups in total. The van der Waals surface area contributed by atoms with Crippen LogP contribution in [-0.4, -0.2) is 19.8 Å². The molecular formula is C14H11ClN2O2. The summed E-state index contributed by atoms with van der Waals surface area (Å²) in [7, 11) is 0. The fourth-order valence-electron chi connectivity index (χ4n) is 2.02. The number of aromatic nitrogens is 2. The first-order valence-corrected chi connectivity index (χ1v) is 6.12. The van der Waals surface area contributed by atoms with Crippen LogP contribution in [-0.2, 0) is 0 Å². The lowest BCUT2D eigenvalue weighted by Crippen LogP contribution is -1.95. The van der Waals surface area contributed by atoms with Gasteiger partial charge in [0.05, 0.1) is 11.0 Å². The number of benzene rings is 2. The molecule has 0 aliphatic carbocycles. The van der Waals surface area contributed by atoms with E-state index < -0.39 is 6.29 Å². The molecule has 0 unspecified atom stereocenters. The van der Waals surface area contributed by atoms with Gasteiger partial charge in [-0.15, -0.1) is 0 Å². The Morgan fingerprint density at radius 1 is 1.11 bits per heavy atom. The average molecular weight is 275 g/mol. The van der Waals surface area contributed by atoms with E-state index in [0.717, 1.165) is 11.2 Å². The minimum atomic E-state index is -1.49. The summed E-state index contributed by atoms with van der Waals surface area (Å²) in [5.74, 6) is 0. The first-order chi connectivity index (χ1) is 9.15. The van der Waals surface area contributed by atoms with Crippen molar-refractivity contribution in [2.45, 2.75) is 6.29 Å². The van der Waals surface area contributed by atoms with Crippen LogP contribution >= 0.6 is 11.6 Å². The summed E-state index contributed by atoms with van der Waals surface area (Å²) in [6.07, 6.45) is 0.199. The number of fused-ring (bicyclic) bond motifs is 1. The fourth-order valence-corrected chi connectivity index (χ4v) is 2.21. The number of hydrogen-bond donors (Lipinski definition) is 2. The normalized spacial score (nSPS) is 11.4. The molecule has 2 aromatic carbocycles. The highest BCUT2D eigenvalue weighted by Gasteiger charge is 2.08. The van der Waals surface area contributed by atoms with E-state index in [9.17, 15) is 0 Å². The Morgan fingerprint density at radius 3 is 2.68 bits per heavy atom. The molecule has 0 saturated heterocycles. The van der Waals surface area contributed by atoms with Crippen molar-refractivity contribution in [3.63, 3.8) is 0 Å². The molecule has 0 fully saturated rings. The Labute approximate surface area is 114 Å². The molecular weight excluding hydrogens is 264 g/mol. The van der Waals surface area contributed by atoms with Gasteiger partial charge >= 0.3 is 0 Å². The molecule has 3 aromatic rings. The molecule has 0 amide bonds. The Bertz CT molecular complexity index is 737. The van der Waals surface area contributed by atoms with Gasteiger partial charge in [-0.1, -0.05) is 23.7 Å². The fraction of sp³-hybridized carbons (Fsp3) is 0.0714. The van der Waals surface area contributed by atoms with Crippen molar-refractivity contribution in [3.8, 4) is 5.69 Å². The van der Waals surface area contributed by atoms with Gasteiger partial charge in [0.2, 0.25) is 0 Å². The number of aliphatic hydroxyl groups is 2. The second kappa shape index (κ2) is 4.66. The number of rotatable bonds is 2. The zero-order valence-corrected chi connectivity index (χ0v) is 10.6. The van der Waals surface area contributed by atoms with E-state index in [0.29, 0.717) is 16.1 Å². The van der Waals surface area contributed by atoms with E-state index in [1.807, 2.05) is 28.8 Å². The van der Waals surface area contributed by atoms with Gasteiger partial charge in [0.15, 0.2) is 6.29 Å². The minimum absolute atomic E-state index is 0.420. The first-order valence-electron chi connectivity index (χ1n) is 5.74. The van der Waals surface area contributed by atoms with Gasteiger partial charge in [0.25, 0.3) is 0 Å². The second-order valence-corrected chi connectivity index (χ2v) is 4.65. The zero-order valence-electron chi connectivity index (χ0n) is 9.86. The Hall–Kier alpha value is -1.88. The summed E-state index contributed by atoms with van der Waals surface area (Å²) in [5.41, 5.74) is 2.91. The van der Waals surface area contributed by atoms with Crippen LogP contribution in [0.4, 0.5) is 0 Å². The van der Waals surface area contributed by atoms with Gasteiger partial charge in [-0.05, 0) is 30.3 Å². The second-order valence-electron chi connectivity index (χ2n) is 4.22. The number of imidazole rings is 1. The van der Waals surface area contributed by atoms with Crippen LogP contribution in [0.2, 0.25) is 5.02 Å². The standard InChI is InChI=1S/C14H11ClN2O2/c15-10-2-1-3-11(7-10)17-8-16-12-6-9(14(18)19)4-5-13(12)17/h1-8,14,18-19H. The van der Waals surface area contributed by atoms with Crippen molar-refractivity contribution < 1.29 is 10.2 Å².